The Bertz CT molecular complexity index is 980. The Morgan fingerprint density at radius 1 is 0.448 bits per heavy atom. The highest BCUT2D eigenvalue weighted by Crippen LogP contribution is 2.23. The van der Waals surface area contributed by atoms with Crippen molar-refractivity contribution < 1.29 is 17.0 Å². The summed E-state index contributed by atoms with van der Waals surface area (Å²) in [4.78, 5) is 0. The summed E-state index contributed by atoms with van der Waals surface area (Å²) in [5.74, 6) is 2.86. The monoisotopic (exact) mass is 384 g/mol. The maximum Gasteiger partial charge on any atom is 0.127 e. The summed E-state index contributed by atoms with van der Waals surface area (Å²) >= 11 is 0. The molecule has 0 amide bonds. The Balaban J connectivity index is 1.34. The molecular weight excluding hydrogens is 360 g/mol. The first-order chi connectivity index (χ1) is 15.2. The van der Waals surface area contributed by atoms with Crippen molar-refractivity contribution in [1.29, 1.82) is 0 Å². The first-order valence-corrected chi connectivity index (χ1v) is 9.33. The van der Waals surface area contributed by atoms with Crippen molar-refractivity contribution in [2.75, 3.05) is 0 Å². The Labute approximate surface area is 173 Å². The number of para-hydroxylation sites is 2. The van der Waals surface area contributed by atoms with Crippen LogP contribution in [0.25, 0.3) is 0 Å². The van der Waals surface area contributed by atoms with Crippen LogP contribution in [0.15, 0.2) is 109 Å². The van der Waals surface area contributed by atoms with E-state index in [0.717, 1.165) is 11.5 Å². The van der Waals surface area contributed by atoms with Crippen molar-refractivity contribution in [3.05, 3.63) is 120 Å². The van der Waals surface area contributed by atoms with Gasteiger partial charge in [0, 0.05) is 0 Å². The molecule has 29 heavy (non-hydrogen) atoms. The van der Waals surface area contributed by atoms with E-state index in [0.29, 0.717) is 22.6 Å². The minimum atomic E-state index is -0.978. The second-order valence-corrected chi connectivity index (χ2v) is 6.34. The van der Waals surface area contributed by atoms with Gasteiger partial charge in [-0.3, -0.25) is 0 Å². The number of ether oxygens (including phenoxy) is 3. The highest BCUT2D eigenvalue weighted by Gasteiger charge is 2.01. The number of benzene rings is 4. The molecule has 0 aliphatic heterocycles. The molecule has 0 saturated carbocycles. The van der Waals surface area contributed by atoms with Gasteiger partial charge in [0.25, 0.3) is 0 Å². The average molecular weight is 384 g/mol. The summed E-state index contributed by atoms with van der Waals surface area (Å²) in [7, 11) is 0. The van der Waals surface area contributed by atoms with Crippen LogP contribution < -0.4 is 9.47 Å². The van der Waals surface area contributed by atoms with Gasteiger partial charge in [-0.05, 0) is 59.7 Å². The van der Waals surface area contributed by atoms with Crippen molar-refractivity contribution in [1.82, 2.24) is 0 Å². The van der Waals surface area contributed by atoms with E-state index < -0.39 is 13.2 Å². The second kappa shape index (κ2) is 9.58. The molecule has 0 aliphatic carbocycles. The fraction of sp³-hybridized carbons (Fsp3) is 0.0769. The van der Waals surface area contributed by atoms with E-state index in [2.05, 4.69) is 0 Å². The number of hydrogen-bond acceptors (Lipinski definition) is 3. The summed E-state index contributed by atoms with van der Waals surface area (Å²) in [6, 6.07) is 33.3. The molecular formula is C26H22O3. The first kappa shape index (κ1) is 16.4. The lowest BCUT2D eigenvalue weighted by molar-refractivity contribution is 0.107. The third-order valence-corrected chi connectivity index (χ3v) is 4.13. The highest BCUT2D eigenvalue weighted by molar-refractivity contribution is 5.34. The summed E-state index contributed by atoms with van der Waals surface area (Å²) in [5, 5.41) is 0. The zero-order valence-corrected chi connectivity index (χ0v) is 15.8. The molecule has 0 heterocycles. The van der Waals surface area contributed by atoms with Crippen LogP contribution in [0, 0.1) is 0 Å². The van der Waals surface area contributed by atoms with Gasteiger partial charge in [-0.15, -0.1) is 0 Å². The predicted octanol–water partition coefficient (Wildman–Crippen LogP) is 6.99. The maximum absolute atomic E-state index is 8.27. The van der Waals surface area contributed by atoms with E-state index in [4.69, 9.17) is 17.0 Å². The molecule has 4 rings (SSSR count). The molecule has 0 saturated heterocycles. The van der Waals surface area contributed by atoms with Gasteiger partial charge in [-0.1, -0.05) is 60.7 Å². The third kappa shape index (κ3) is 5.71. The van der Waals surface area contributed by atoms with Crippen molar-refractivity contribution >= 4 is 0 Å². The summed E-state index contributed by atoms with van der Waals surface area (Å²) in [5.41, 5.74) is 1.31. The molecule has 144 valence electrons. The fourth-order valence-corrected chi connectivity index (χ4v) is 2.67. The summed E-state index contributed by atoms with van der Waals surface area (Å²) in [6.07, 6.45) is 0. The van der Waals surface area contributed by atoms with Crippen LogP contribution in [0.3, 0.4) is 0 Å². The maximum atomic E-state index is 8.27. The molecule has 0 bridgehead atoms. The molecule has 0 aromatic heterocycles. The Morgan fingerprint density at radius 3 is 1.17 bits per heavy atom. The molecule has 0 fully saturated rings. The van der Waals surface area contributed by atoms with Crippen LogP contribution in [0.1, 0.15) is 13.9 Å². The van der Waals surface area contributed by atoms with Crippen molar-refractivity contribution in [2.24, 2.45) is 0 Å². The van der Waals surface area contributed by atoms with E-state index in [9.17, 15) is 0 Å². The minimum absolute atomic E-state index is 0.654. The molecule has 3 nitrogen and oxygen atoms in total. The van der Waals surface area contributed by atoms with E-state index in [1.165, 1.54) is 0 Å². The van der Waals surface area contributed by atoms with Crippen molar-refractivity contribution in [3.63, 3.8) is 0 Å². The van der Waals surface area contributed by atoms with Gasteiger partial charge in [0.15, 0.2) is 0 Å². The standard InChI is InChI=1S/C26H22O3/c1-3-7-23(8-4-1)28-25-15-11-21(12-16-25)19-27-20-22-13-17-26(18-14-22)29-24-9-5-2-6-10-24/h1-18H,19-20H2/i19D,20D. The zero-order valence-electron chi connectivity index (χ0n) is 17.8. The van der Waals surface area contributed by atoms with E-state index in [-0.39, 0.29) is 0 Å². The molecule has 0 spiro atoms. The van der Waals surface area contributed by atoms with Crippen LogP contribution in [-0.2, 0) is 17.9 Å². The van der Waals surface area contributed by atoms with Gasteiger partial charge >= 0.3 is 0 Å². The van der Waals surface area contributed by atoms with Crippen LogP contribution in [0.5, 0.6) is 23.0 Å². The average Bonchev–Trinajstić information content (AvgIpc) is 2.81. The Kier molecular flexibility index (Phi) is 5.42. The van der Waals surface area contributed by atoms with Crippen molar-refractivity contribution in [3.8, 4) is 23.0 Å². The third-order valence-electron chi connectivity index (χ3n) is 4.13. The second-order valence-electron chi connectivity index (χ2n) is 6.34. The van der Waals surface area contributed by atoms with E-state index in [1.54, 1.807) is 48.5 Å². The quantitative estimate of drug-likeness (QED) is 0.328. The summed E-state index contributed by atoms with van der Waals surface area (Å²) in [6.45, 7) is -1.96. The largest absolute Gasteiger partial charge is 0.457 e. The Morgan fingerprint density at radius 2 is 0.793 bits per heavy atom. The molecule has 0 aliphatic rings. The molecule has 2 atom stereocenters. The highest BCUT2D eigenvalue weighted by atomic mass is 16.5. The lowest BCUT2D eigenvalue weighted by Gasteiger charge is -2.09. The first-order valence-electron chi connectivity index (χ1n) is 10.5. The van der Waals surface area contributed by atoms with Crippen LogP contribution in [0.4, 0.5) is 0 Å². The van der Waals surface area contributed by atoms with Crippen molar-refractivity contribution in [2.45, 2.75) is 13.2 Å². The minimum Gasteiger partial charge on any atom is -0.457 e. The lowest BCUT2D eigenvalue weighted by Crippen LogP contribution is -1.94. The number of hydrogen-bond donors (Lipinski definition) is 0. The topological polar surface area (TPSA) is 27.7 Å². The van der Waals surface area contributed by atoms with Crippen LogP contribution in [0.2, 0.25) is 0 Å². The molecule has 4 aromatic carbocycles. The SMILES string of the molecule is [2H]C(OC([2H])c1ccc(Oc2ccccc2)cc1)c1ccc(Oc2ccccc2)cc1. The smallest absolute Gasteiger partial charge is 0.127 e. The van der Waals surface area contributed by atoms with Gasteiger partial charge in [-0.2, -0.15) is 0 Å². The Hall–Kier alpha value is -3.56. The lowest BCUT2D eigenvalue weighted by atomic mass is 10.2. The number of rotatable bonds is 8. The molecule has 0 N–H and O–H groups in total. The van der Waals surface area contributed by atoms with Crippen LogP contribution in [-0.4, -0.2) is 0 Å². The molecule has 4 aromatic rings. The predicted molar refractivity (Wildman–Crippen MR) is 114 cm³/mol. The van der Waals surface area contributed by atoms with Crippen LogP contribution >= 0.6 is 0 Å². The van der Waals surface area contributed by atoms with E-state index in [1.807, 2.05) is 60.7 Å². The zero-order chi connectivity index (χ0) is 21.5. The molecule has 0 radical (unpaired) electrons. The van der Waals surface area contributed by atoms with Gasteiger partial charge < -0.3 is 14.2 Å². The van der Waals surface area contributed by atoms with Gasteiger partial charge in [-0.25, -0.2) is 0 Å². The summed E-state index contributed by atoms with van der Waals surface area (Å²) < 4.78 is 33.7. The van der Waals surface area contributed by atoms with Gasteiger partial charge in [0.1, 0.15) is 23.0 Å². The molecule has 3 heteroatoms. The normalized spacial score (nSPS) is 13.7. The fourth-order valence-electron chi connectivity index (χ4n) is 2.67. The van der Waals surface area contributed by atoms with Gasteiger partial charge in [0.05, 0.1) is 15.9 Å². The molecule has 2 unspecified atom stereocenters. The van der Waals surface area contributed by atoms with E-state index >= 15 is 0 Å². The van der Waals surface area contributed by atoms with Gasteiger partial charge in [0.2, 0.25) is 0 Å².